The Balaban J connectivity index is 1.98. The summed E-state index contributed by atoms with van der Waals surface area (Å²) in [6, 6.07) is 7.90. The van der Waals surface area contributed by atoms with Crippen molar-refractivity contribution in [3.8, 4) is 6.07 Å². The van der Waals surface area contributed by atoms with Crippen molar-refractivity contribution >= 4 is 20.7 Å². The van der Waals surface area contributed by atoms with Crippen LogP contribution in [0.25, 0.3) is 10.9 Å². The van der Waals surface area contributed by atoms with E-state index in [1.54, 1.807) is 0 Å². The molecule has 3 heterocycles. The number of benzene rings is 1. The first-order valence-corrected chi connectivity index (χ1v) is 9.36. The number of rotatable bonds is 1. The van der Waals surface area contributed by atoms with Crippen molar-refractivity contribution < 1.29 is 8.42 Å². The number of sulfone groups is 1. The van der Waals surface area contributed by atoms with E-state index in [2.05, 4.69) is 21.6 Å². The van der Waals surface area contributed by atoms with Crippen molar-refractivity contribution in [2.24, 2.45) is 0 Å². The average molecular weight is 340 g/mol. The zero-order chi connectivity index (χ0) is 17.1. The second-order valence-corrected chi connectivity index (χ2v) is 8.31. The molecular formula is C17H16N4O2S. The van der Waals surface area contributed by atoms with Crippen LogP contribution in [0.5, 0.6) is 0 Å². The van der Waals surface area contributed by atoms with Gasteiger partial charge in [0.1, 0.15) is 0 Å². The van der Waals surface area contributed by atoms with E-state index < -0.39 is 15.8 Å². The highest BCUT2D eigenvalue weighted by molar-refractivity contribution is 7.95. The Hall–Kier alpha value is -2.59. The van der Waals surface area contributed by atoms with E-state index in [4.69, 9.17) is 0 Å². The number of nitrogens with one attached hydrogen (secondary N) is 2. The van der Waals surface area contributed by atoms with Crippen molar-refractivity contribution in [2.75, 3.05) is 5.75 Å². The third-order valence-corrected chi connectivity index (χ3v) is 6.67. The van der Waals surface area contributed by atoms with Crippen molar-refractivity contribution in [3.05, 3.63) is 51.3 Å². The minimum atomic E-state index is -3.35. The molecule has 0 radical (unpaired) electrons. The number of fused-ring (bicyclic) bond motifs is 1. The van der Waals surface area contributed by atoms with Crippen LogP contribution in [0.2, 0.25) is 0 Å². The van der Waals surface area contributed by atoms with Crippen LogP contribution in [0.4, 0.5) is 0 Å². The first kappa shape index (κ1) is 15.0. The first-order chi connectivity index (χ1) is 11.4. The lowest BCUT2D eigenvalue weighted by atomic mass is 9.86. The fraction of sp³-hybridized carbons (Fsp3) is 0.294. The van der Waals surface area contributed by atoms with Gasteiger partial charge in [0.2, 0.25) is 0 Å². The summed E-state index contributed by atoms with van der Waals surface area (Å²) in [6.45, 7) is 3.72. The summed E-state index contributed by atoms with van der Waals surface area (Å²) in [7, 11) is -3.35. The zero-order valence-electron chi connectivity index (χ0n) is 13.3. The summed E-state index contributed by atoms with van der Waals surface area (Å²) in [5.74, 6) is -0.447. The van der Waals surface area contributed by atoms with E-state index in [9.17, 15) is 13.7 Å². The monoisotopic (exact) mass is 340 g/mol. The number of allylic oxidation sites excluding steroid dienone is 4. The molecule has 6 nitrogen and oxygen atoms in total. The van der Waals surface area contributed by atoms with Crippen LogP contribution in [0.1, 0.15) is 30.5 Å². The lowest BCUT2D eigenvalue weighted by Gasteiger charge is -2.26. The zero-order valence-corrected chi connectivity index (χ0v) is 14.2. The molecule has 1 atom stereocenters. The number of aromatic nitrogens is 2. The summed E-state index contributed by atoms with van der Waals surface area (Å²) >= 11 is 0. The van der Waals surface area contributed by atoms with Crippen LogP contribution in [-0.4, -0.2) is 24.4 Å². The lowest BCUT2D eigenvalue weighted by molar-refractivity contribution is 0.602. The van der Waals surface area contributed by atoms with E-state index in [0.29, 0.717) is 16.9 Å². The smallest absolute Gasteiger partial charge is 0.177 e. The van der Waals surface area contributed by atoms with Crippen molar-refractivity contribution in [1.82, 2.24) is 15.5 Å². The highest BCUT2D eigenvalue weighted by atomic mass is 32.2. The van der Waals surface area contributed by atoms with Gasteiger partial charge in [-0.05, 0) is 31.5 Å². The van der Waals surface area contributed by atoms with Gasteiger partial charge < -0.3 is 5.32 Å². The number of H-pyrrole nitrogens is 1. The SMILES string of the molecule is CC1=C(C#N)C(c2ccc3[nH]nc(C)c3c2)C2=C(CCS2(=O)=O)N1. The van der Waals surface area contributed by atoms with Gasteiger partial charge in [0.05, 0.1) is 39.4 Å². The van der Waals surface area contributed by atoms with E-state index in [0.717, 1.165) is 33.6 Å². The number of nitriles is 1. The Bertz CT molecular complexity index is 1080. The second-order valence-electron chi connectivity index (χ2n) is 6.23. The topological polar surface area (TPSA) is 98.6 Å². The maximum atomic E-state index is 12.6. The molecule has 1 aromatic heterocycles. The number of dihydropyridines is 1. The Morgan fingerprint density at radius 3 is 2.88 bits per heavy atom. The van der Waals surface area contributed by atoms with Crippen LogP contribution in [-0.2, 0) is 9.84 Å². The van der Waals surface area contributed by atoms with Gasteiger partial charge >= 0.3 is 0 Å². The van der Waals surface area contributed by atoms with Gasteiger partial charge in [-0.2, -0.15) is 10.4 Å². The van der Waals surface area contributed by atoms with E-state index in [-0.39, 0.29) is 5.75 Å². The van der Waals surface area contributed by atoms with Gasteiger partial charge in [-0.15, -0.1) is 0 Å². The molecular weight excluding hydrogens is 324 g/mol. The molecule has 0 fully saturated rings. The van der Waals surface area contributed by atoms with Gasteiger partial charge in [0.25, 0.3) is 0 Å². The molecule has 4 rings (SSSR count). The fourth-order valence-corrected chi connectivity index (χ4v) is 5.42. The Morgan fingerprint density at radius 1 is 1.33 bits per heavy atom. The first-order valence-electron chi connectivity index (χ1n) is 7.70. The van der Waals surface area contributed by atoms with Crippen molar-refractivity contribution in [1.29, 1.82) is 5.26 Å². The molecule has 2 aliphatic rings. The Morgan fingerprint density at radius 2 is 2.12 bits per heavy atom. The number of aryl methyl sites for hydroxylation is 1. The molecule has 24 heavy (non-hydrogen) atoms. The molecule has 0 saturated heterocycles. The summed E-state index contributed by atoms with van der Waals surface area (Å²) in [6.07, 6.45) is 0.469. The molecule has 0 spiro atoms. The largest absolute Gasteiger partial charge is 0.361 e. The van der Waals surface area contributed by atoms with Gasteiger partial charge in [0, 0.05) is 23.2 Å². The van der Waals surface area contributed by atoms with Gasteiger partial charge in [-0.1, -0.05) is 6.07 Å². The van der Waals surface area contributed by atoms with Crippen LogP contribution >= 0.6 is 0 Å². The van der Waals surface area contributed by atoms with Crippen LogP contribution in [0, 0.1) is 18.3 Å². The van der Waals surface area contributed by atoms with Crippen LogP contribution in [0.3, 0.4) is 0 Å². The molecule has 0 aliphatic carbocycles. The van der Waals surface area contributed by atoms with Crippen LogP contribution < -0.4 is 5.32 Å². The summed E-state index contributed by atoms with van der Waals surface area (Å²) in [5, 5.41) is 20.8. The molecule has 0 bridgehead atoms. The Kier molecular flexibility index (Phi) is 3.09. The van der Waals surface area contributed by atoms with Gasteiger partial charge in [-0.25, -0.2) is 8.42 Å². The van der Waals surface area contributed by atoms with E-state index in [1.165, 1.54) is 0 Å². The molecule has 7 heteroatoms. The number of aromatic amines is 1. The van der Waals surface area contributed by atoms with Crippen molar-refractivity contribution in [3.63, 3.8) is 0 Å². The molecule has 2 aliphatic heterocycles. The highest BCUT2D eigenvalue weighted by Gasteiger charge is 2.41. The maximum Gasteiger partial charge on any atom is 0.177 e. The van der Waals surface area contributed by atoms with E-state index >= 15 is 0 Å². The van der Waals surface area contributed by atoms with Crippen molar-refractivity contribution in [2.45, 2.75) is 26.2 Å². The number of nitrogens with zero attached hydrogens (tertiary/aromatic N) is 2. The molecule has 2 N–H and O–H groups in total. The van der Waals surface area contributed by atoms with Crippen LogP contribution in [0.15, 0.2) is 40.1 Å². The fourth-order valence-electron chi connectivity index (χ4n) is 3.59. The summed E-state index contributed by atoms with van der Waals surface area (Å²) < 4.78 is 25.2. The third-order valence-electron chi connectivity index (χ3n) is 4.78. The molecule has 0 amide bonds. The van der Waals surface area contributed by atoms with E-state index in [1.807, 2.05) is 32.0 Å². The standard InChI is InChI=1S/C17H16N4O2S/c1-9-13(8-18)16(17-15(19-9)5-6-24(17,22)23)11-3-4-14-12(7-11)10(2)20-21-14/h3-4,7,16,19H,5-6H2,1-2H3,(H,20,21). The second kappa shape index (κ2) is 4.95. The molecule has 0 saturated carbocycles. The summed E-state index contributed by atoms with van der Waals surface area (Å²) in [5.41, 5.74) is 4.46. The highest BCUT2D eigenvalue weighted by Crippen LogP contribution is 2.44. The van der Waals surface area contributed by atoms with Gasteiger partial charge in [0.15, 0.2) is 9.84 Å². The lowest BCUT2D eigenvalue weighted by Crippen LogP contribution is -2.24. The minimum absolute atomic E-state index is 0.0974. The Labute approximate surface area is 139 Å². The molecule has 1 unspecified atom stereocenters. The average Bonchev–Trinajstić information content (AvgIpc) is 3.06. The number of hydrogen-bond donors (Lipinski definition) is 2. The molecule has 1 aromatic carbocycles. The number of hydrogen-bond acceptors (Lipinski definition) is 5. The van der Waals surface area contributed by atoms with Gasteiger partial charge in [-0.3, -0.25) is 5.10 Å². The normalized spacial score (nSPS) is 22.5. The minimum Gasteiger partial charge on any atom is -0.361 e. The molecule has 2 aromatic rings. The quantitative estimate of drug-likeness (QED) is 0.830. The third kappa shape index (κ3) is 2.00. The summed E-state index contributed by atoms with van der Waals surface area (Å²) in [4.78, 5) is 0.352. The molecule has 122 valence electrons. The maximum absolute atomic E-state index is 12.6. The predicted octanol–water partition coefficient (Wildman–Crippen LogP) is 2.39. The predicted molar refractivity (Wildman–Crippen MR) is 90.5 cm³/mol.